The first kappa shape index (κ1) is 19.5. The lowest BCUT2D eigenvalue weighted by atomic mass is 9.98. The summed E-state index contributed by atoms with van der Waals surface area (Å²) >= 11 is 19.1. The molecule has 1 fully saturated rings. The molecule has 0 aliphatic carbocycles. The molecule has 1 amide bonds. The Kier molecular flexibility index (Phi) is 6.79. The highest BCUT2D eigenvalue weighted by atomic mass is 79.9. The first-order chi connectivity index (χ1) is 9.50. The van der Waals surface area contributed by atoms with Crippen LogP contribution < -0.4 is 5.32 Å². The van der Waals surface area contributed by atoms with E-state index >= 15 is 0 Å². The van der Waals surface area contributed by atoms with Crippen molar-refractivity contribution in [3.05, 3.63) is 0 Å². The third-order valence-electron chi connectivity index (χ3n) is 2.58. The molecule has 124 valence electrons. The molecule has 5 atom stereocenters. The second kappa shape index (κ2) is 7.33. The highest BCUT2D eigenvalue weighted by Crippen LogP contribution is 2.33. The molecule has 1 rings (SSSR count). The third kappa shape index (κ3) is 5.22. The van der Waals surface area contributed by atoms with Gasteiger partial charge in [-0.1, -0.05) is 34.8 Å². The predicted molar refractivity (Wildman–Crippen MR) is 76.4 cm³/mol. The fraction of sp³-hybridized carbons (Fsp3) is 0.889. The number of hydrogen-bond donors (Lipinski definition) is 5. The molecule has 0 radical (unpaired) electrons. The minimum atomic E-state index is -2.00. The van der Waals surface area contributed by atoms with Crippen molar-refractivity contribution >= 4 is 56.8 Å². The normalized spacial score (nSPS) is 37.1. The monoisotopic (exact) mass is 431 g/mol. The molecule has 1 heterocycles. The average Bonchev–Trinajstić information content (AvgIpc) is 2.38. The van der Waals surface area contributed by atoms with Gasteiger partial charge in [0.15, 0.2) is 0 Å². The third-order valence-corrected chi connectivity index (χ3v) is 3.76. The molecule has 0 aromatic heterocycles. The SMILES string of the molecule is O=C(N[C@@]1(Br)O[C@H](CO)[C@@H](O)[C@H](O)[C@H]1O)OCC(Cl)(Cl)Cl. The Balaban J connectivity index is 2.72. The summed E-state index contributed by atoms with van der Waals surface area (Å²) in [6, 6.07) is 0. The van der Waals surface area contributed by atoms with E-state index < -0.39 is 52.1 Å². The second-order valence-corrected chi connectivity index (χ2v) is 7.92. The lowest BCUT2D eigenvalue weighted by Crippen LogP contribution is -2.68. The molecule has 0 bridgehead atoms. The number of amides is 1. The molecule has 1 aliphatic heterocycles. The Morgan fingerprint density at radius 3 is 2.38 bits per heavy atom. The van der Waals surface area contributed by atoms with Gasteiger partial charge < -0.3 is 29.9 Å². The topological polar surface area (TPSA) is 128 Å². The van der Waals surface area contributed by atoms with Crippen molar-refractivity contribution in [3.63, 3.8) is 0 Å². The van der Waals surface area contributed by atoms with Gasteiger partial charge in [0.05, 0.1) is 6.61 Å². The quantitative estimate of drug-likeness (QED) is 0.303. The van der Waals surface area contributed by atoms with Gasteiger partial charge in [0.2, 0.25) is 8.43 Å². The maximum atomic E-state index is 11.6. The maximum absolute atomic E-state index is 11.6. The standard InChI is InChI=1S/C9H13BrCl3NO7/c10-9(14-7(19)20-2-8(11,12)13)6(18)5(17)4(16)3(1-15)21-9/h3-6,15-18H,1-2H2,(H,14,19)/t3-,4-,5+,6-,9-/m1/s1. The van der Waals surface area contributed by atoms with Crippen molar-refractivity contribution in [3.8, 4) is 0 Å². The van der Waals surface area contributed by atoms with Gasteiger partial charge in [-0.15, -0.1) is 0 Å². The van der Waals surface area contributed by atoms with Crippen LogP contribution in [-0.2, 0) is 9.47 Å². The number of nitrogens with one attached hydrogen (secondary N) is 1. The van der Waals surface area contributed by atoms with Crippen molar-refractivity contribution in [1.82, 2.24) is 5.32 Å². The van der Waals surface area contributed by atoms with Crippen molar-refractivity contribution in [1.29, 1.82) is 0 Å². The van der Waals surface area contributed by atoms with Crippen LogP contribution in [0.5, 0.6) is 0 Å². The Hall–Kier alpha value is 0.420. The summed E-state index contributed by atoms with van der Waals surface area (Å²) in [5, 5.41) is 40.2. The van der Waals surface area contributed by atoms with E-state index in [1.54, 1.807) is 0 Å². The number of carbonyl (C=O) groups is 1. The van der Waals surface area contributed by atoms with Crippen LogP contribution in [0.1, 0.15) is 0 Å². The molecule has 0 unspecified atom stereocenters. The number of aliphatic hydroxyl groups is 4. The van der Waals surface area contributed by atoms with Crippen LogP contribution in [0.2, 0.25) is 0 Å². The molecule has 0 spiro atoms. The van der Waals surface area contributed by atoms with Gasteiger partial charge in [0.1, 0.15) is 31.0 Å². The van der Waals surface area contributed by atoms with Crippen LogP contribution in [-0.4, -0.2) is 72.6 Å². The zero-order valence-corrected chi connectivity index (χ0v) is 14.1. The van der Waals surface area contributed by atoms with Crippen molar-refractivity contribution < 1.29 is 34.7 Å². The van der Waals surface area contributed by atoms with Gasteiger partial charge >= 0.3 is 6.09 Å². The number of ether oxygens (including phenoxy) is 2. The molecule has 1 aliphatic rings. The Morgan fingerprint density at radius 2 is 1.90 bits per heavy atom. The van der Waals surface area contributed by atoms with Gasteiger partial charge in [0, 0.05) is 0 Å². The zero-order chi connectivity index (χ0) is 16.4. The first-order valence-corrected chi connectivity index (χ1v) is 7.46. The highest BCUT2D eigenvalue weighted by Gasteiger charge is 2.53. The minimum absolute atomic E-state index is 0.572. The van der Waals surface area contributed by atoms with Gasteiger partial charge in [0.25, 0.3) is 0 Å². The number of rotatable bonds is 3. The summed E-state index contributed by atoms with van der Waals surface area (Å²) < 4.78 is 5.87. The molecule has 5 N–H and O–H groups in total. The second-order valence-electron chi connectivity index (χ2n) is 4.23. The van der Waals surface area contributed by atoms with E-state index in [0.717, 1.165) is 0 Å². The summed E-state index contributed by atoms with van der Waals surface area (Å²) in [4.78, 5) is 11.6. The summed E-state index contributed by atoms with van der Waals surface area (Å²) in [5.74, 6) is 0. The summed E-state index contributed by atoms with van der Waals surface area (Å²) in [6.07, 6.45) is -7.37. The van der Waals surface area contributed by atoms with E-state index in [0.29, 0.717) is 0 Å². The van der Waals surface area contributed by atoms with Gasteiger partial charge in [-0.05, 0) is 15.9 Å². The number of aliphatic hydroxyl groups excluding tert-OH is 4. The van der Waals surface area contributed by atoms with Crippen molar-refractivity contribution in [2.45, 2.75) is 32.8 Å². The number of halogens is 4. The zero-order valence-electron chi connectivity index (χ0n) is 10.2. The van der Waals surface area contributed by atoms with E-state index in [4.69, 9.17) is 44.6 Å². The molecule has 8 nitrogen and oxygen atoms in total. The van der Waals surface area contributed by atoms with E-state index in [9.17, 15) is 20.1 Å². The lowest BCUT2D eigenvalue weighted by Gasteiger charge is -2.45. The average molecular weight is 433 g/mol. The van der Waals surface area contributed by atoms with Gasteiger partial charge in [-0.3, -0.25) is 5.32 Å². The van der Waals surface area contributed by atoms with E-state index in [2.05, 4.69) is 26.0 Å². The first-order valence-electron chi connectivity index (χ1n) is 5.53. The van der Waals surface area contributed by atoms with Gasteiger partial charge in [-0.25, -0.2) is 4.79 Å². The predicted octanol–water partition coefficient (Wildman–Crippen LogP) is -0.395. The maximum Gasteiger partial charge on any atom is 0.410 e. The summed E-state index contributed by atoms with van der Waals surface area (Å²) in [6.45, 7) is -1.24. The molecule has 1 saturated heterocycles. The number of alkyl carbamates (subject to hydrolysis) is 1. The molecule has 0 aromatic carbocycles. The Labute approximate surface area is 143 Å². The van der Waals surface area contributed by atoms with Gasteiger partial charge in [-0.2, -0.15) is 0 Å². The van der Waals surface area contributed by atoms with Crippen LogP contribution >= 0.6 is 50.7 Å². The molecule has 12 heteroatoms. The smallest absolute Gasteiger partial charge is 0.410 e. The van der Waals surface area contributed by atoms with Crippen LogP contribution in [0.25, 0.3) is 0 Å². The number of hydrogen-bond acceptors (Lipinski definition) is 7. The number of carbonyl (C=O) groups excluding carboxylic acids is 1. The number of alkyl halides is 4. The highest BCUT2D eigenvalue weighted by molar-refractivity contribution is 9.10. The molecular weight excluding hydrogens is 420 g/mol. The molecule has 0 saturated carbocycles. The fourth-order valence-electron chi connectivity index (χ4n) is 1.56. The summed E-state index contributed by atoms with van der Waals surface area (Å²) in [5.41, 5.74) is 0. The molecule has 0 aromatic rings. The molecular formula is C9H13BrCl3NO7. The largest absolute Gasteiger partial charge is 0.445 e. The Morgan fingerprint density at radius 1 is 1.33 bits per heavy atom. The van der Waals surface area contributed by atoms with Crippen molar-refractivity contribution in [2.24, 2.45) is 0 Å². The summed E-state index contributed by atoms with van der Waals surface area (Å²) in [7, 11) is 0. The lowest BCUT2D eigenvalue weighted by molar-refractivity contribution is -0.245. The van der Waals surface area contributed by atoms with Crippen LogP contribution in [0, 0.1) is 0 Å². The van der Waals surface area contributed by atoms with E-state index in [-0.39, 0.29) is 0 Å². The van der Waals surface area contributed by atoms with Crippen molar-refractivity contribution in [2.75, 3.05) is 13.2 Å². The molecule has 21 heavy (non-hydrogen) atoms. The van der Waals surface area contributed by atoms with Crippen LogP contribution in [0.4, 0.5) is 4.79 Å². The fourth-order valence-corrected chi connectivity index (χ4v) is 2.39. The minimum Gasteiger partial charge on any atom is -0.445 e. The van der Waals surface area contributed by atoms with E-state index in [1.807, 2.05) is 0 Å². The van der Waals surface area contributed by atoms with E-state index in [1.165, 1.54) is 0 Å². The van der Waals surface area contributed by atoms with Crippen LogP contribution in [0.15, 0.2) is 0 Å². The van der Waals surface area contributed by atoms with Crippen LogP contribution in [0.3, 0.4) is 0 Å². The Bertz CT molecular complexity index is 383.